The topological polar surface area (TPSA) is 69.6 Å². The fourth-order valence-electron chi connectivity index (χ4n) is 0.820. The average molecular weight is 175 g/mol. The molecule has 0 aromatic rings. The number of rotatable bonds is 6. The Labute approximate surface area is 72.6 Å². The van der Waals surface area contributed by atoms with E-state index in [9.17, 15) is 4.79 Å². The molecule has 0 aromatic heterocycles. The second kappa shape index (κ2) is 5.97. The van der Waals surface area contributed by atoms with Gasteiger partial charge in [-0.15, -0.1) is 0 Å². The first-order valence-corrected chi connectivity index (χ1v) is 4.15. The standard InChI is InChI=1S/C8H17NO3/c1-6(2)5-9-7(3-4-10)8(11)12/h6-7,9-10H,3-5H2,1-2H3,(H,11,12). The van der Waals surface area contributed by atoms with E-state index in [-0.39, 0.29) is 13.0 Å². The molecule has 0 fully saturated rings. The molecule has 0 heterocycles. The molecule has 0 aromatic carbocycles. The van der Waals surface area contributed by atoms with Crippen LogP contribution in [0.5, 0.6) is 0 Å². The predicted octanol–water partition coefficient (Wildman–Crippen LogP) is 0.0676. The van der Waals surface area contributed by atoms with Gasteiger partial charge in [0, 0.05) is 6.61 Å². The van der Waals surface area contributed by atoms with Crippen LogP contribution in [0.2, 0.25) is 0 Å². The summed E-state index contributed by atoms with van der Waals surface area (Å²) in [6.07, 6.45) is 0.266. The summed E-state index contributed by atoms with van der Waals surface area (Å²) in [5, 5.41) is 20.1. The highest BCUT2D eigenvalue weighted by atomic mass is 16.4. The third-order valence-corrected chi connectivity index (χ3v) is 1.49. The van der Waals surface area contributed by atoms with E-state index in [4.69, 9.17) is 10.2 Å². The Morgan fingerprint density at radius 2 is 2.08 bits per heavy atom. The third-order valence-electron chi connectivity index (χ3n) is 1.49. The summed E-state index contributed by atoms with van der Waals surface area (Å²) in [5.74, 6) is -0.477. The van der Waals surface area contributed by atoms with Crippen LogP contribution in [-0.4, -0.2) is 35.4 Å². The van der Waals surface area contributed by atoms with Crippen LogP contribution in [0, 0.1) is 5.92 Å². The molecule has 0 aliphatic rings. The van der Waals surface area contributed by atoms with E-state index in [1.165, 1.54) is 0 Å². The molecular formula is C8H17NO3. The number of aliphatic hydroxyl groups excluding tert-OH is 1. The van der Waals surface area contributed by atoms with Crippen molar-refractivity contribution in [3.8, 4) is 0 Å². The average Bonchev–Trinajstić information content (AvgIpc) is 1.96. The molecule has 0 bridgehead atoms. The first-order chi connectivity index (χ1) is 5.57. The number of aliphatic carboxylic acids is 1. The van der Waals surface area contributed by atoms with Crippen LogP contribution in [0.15, 0.2) is 0 Å². The minimum atomic E-state index is -0.898. The maximum absolute atomic E-state index is 10.5. The van der Waals surface area contributed by atoms with Crippen molar-refractivity contribution in [1.82, 2.24) is 5.32 Å². The SMILES string of the molecule is CC(C)CNC(CCO)C(=O)O. The second-order valence-corrected chi connectivity index (χ2v) is 3.21. The molecule has 0 aliphatic carbocycles. The van der Waals surface area contributed by atoms with Crippen molar-refractivity contribution < 1.29 is 15.0 Å². The molecule has 3 N–H and O–H groups in total. The Balaban J connectivity index is 3.71. The lowest BCUT2D eigenvalue weighted by molar-refractivity contribution is -0.139. The van der Waals surface area contributed by atoms with Gasteiger partial charge in [-0.2, -0.15) is 0 Å². The zero-order chi connectivity index (χ0) is 9.56. The van der Waals surface area contributed by atoms with Gasteiger partial charge in [0.2, 0.25) is 0 Å². The summed E-state index contributed by atoms with van der Waals surface area (Å²) in [7, 11) is 0. The molecule has 4 nitrogen and oxygen atoms in total. The lowest BCUT2D eigenvalue weighted by Gasteiger charge is -2.14. The highest BCUT2D eigenvalue weighted by molar-refractivity contribution is 5.73. The normalized spacial score (nSPS) is 13.3. The van der Waals surface area contributed by atoms with E-state index in [2.05, 4.69) is 5.32 Å². The molecule has 1 atom stereocenters. The summed E-state index contributed by atoms with van der Waals surface area (Å²) in [5.41, 5.74) is 0. The van der Waals surface area contributed by atoms with Gasteiger partial charge in [-0.25, -0.2) is 0 Å². The van der Waals surface area contributed by atoms with Crippen LogP contribution in [0.4, 0.5) is 0 Å². The maximum Gasteiger partial charge on any atom is 0.320 e. The highest BCUT2D eigenvalue weighted by Gasteiger charge is 2.15. The van der Waals surface area contributed by atoms with Crippen molar-refractivity contribution in [2.75, 3.05) is 13.2 Å². The van der Waals surface area contributed by atoms with E-state index in [0.29, 0.717) is 12.5 Å². The summed E-state index contributed by atoms with van der Waals surface area (Å²) < 4.78 is 0. The Hall–Kier alpha value is -0.610. The van der Waals surface area contributed by atoms with Crippen LogP contribution in [0.25, 0.3) is 0 Å². The second-order valence-electron chi connectivity index (χ2n) is 3.21. The number of hydrogen-bond acceptors (Lipinski definition) is 3. The molecule has 0 saturated carbocycles. The van der Waals surface area contributed by atoms with E-state index >= 15 is 0 Å². The lowest BCUT2D eigenvalue weighted by atomic mass is 10.1. The number of hydrogen-bond donors (Lipinski definition) is 3. The quantitative estimate of drug-likeness (QED) is 0.534. The molecule has 0 rings (SSSR count). The van der Waals surface area contributed by atoms with E-state index in [0.717, 1.165) is 0 Å². The van der Waals surface area contributed by atoms with Crippen molar-refractivity contribution in [2.24, 2.45) is 5.92 Å². The lowest BCUT2D eigenvalue weighted by Crippen LogP contribution is -2.39. The zero-order valence-electron chi connectivity index (χ0n) is 7.58. The largest absolute Gasteiger partial charge is 0.480 e. The molecule has 0 amide bonds. The summed E-state index contributed by atoms with van der Waals surface area (Å²) in [4.78, 5) is 10.5. The highest BCUT2D eigenvalue weighted by Crippen LogP contribution is 1.94. The first-order valence-electron chi connectivity index (χ1n) is 4.15. The minimum absolute atomic E-state index is 0.0952. The first kappa shape index (κ1) is 11.4. The number of carbonyl (C=O) groups is 1. The van der Waals surface area contributed by atoms with Gasteiger partial charge in [0.25, 0.3) is 0 Å². The van der Waals surface area contributed by atoms with Crippen molar-refractivity contribution in [3.05, 3.63) is 0 Å². The van der Waals surface area contributed by atoms with E-state index in [1.54, 1.807) is 0 Å². The van der Waals surface area contributed by atoms with Gasteiger partial charge >= 0.3 is 5.97 Å². The van der Waals surface area contributed by atoms with E-state index in [1.807, 2.05) is 13.8 Å². The maximum atomic E-state index is 10.5. The molecular weight excluding hydrogens is 158 g/mol. The van der Waals surface area contributed by atoms with Gasteiger partial charge < -0.3 is 15.5 Å². The van der Waals surface area contributed by atoms with E-state index < -0.39 is 12.0 Å². The third kappa shape index (κ3) is 5.09. The van der Waals surface area contributed by atoms with Crippen molar-refractivity contribution in [1.29, 1.82) is 0 Å². The van der Waals surface area contributed by atoms with Gasteiger partial charge in [-0.1, -0.05) is 13.8 Å². The van der Waals surface area contributed by atoms with Gasteiger partial charge in [-0.3, -0.25) is 4.79 Å². The van der Waals surface area contributed by atoms with Crippen molar-refractivity contribution >= 4 is 5.97 Å². The van der Waals surface area contributed by atoms with Crippen LogP contribution >= 0.6 is 0 Å². The molecule has 0 saturated heterocycles. The molecule has 0 radical (unpaired) electrons. The Kier molecular flexibility index (Phi) is 5.66. The predicted molar refractivity (Wildman–Crippen MR) is 46.0 cm³/mol. The Morgan fingerprint density at radius 1 is 1.50 bits per heavy atom. The summed E-state index contributed by atoms with van der Waals surface area (Å²) in [6, 6.07) is -0.614. The van der Waals surface area contributed by atoms with Crippen LogP contribution in [-0.2, 0) is 4.79 Å². The Bertz CT molecular complexity index is 136. The molecule has 12 heavy (non-hydrogen) atoms. The summed E-state index contributed by atoms with van der Waals surface area (Å²) in [6.45, 7) is 4.58. The van der Waals surface area contributed by atoms with Gasteiger partial charge in [-0.05, 0) is 18.9 Å². The monoisotopic (exact) mass is 175 g/mol. The van der Waals surface area contributed by atoms with Crippen LogP contribution in [0.3, 0.4) is 0 Å². The smallest absolute Gasteiger partial charge is 0.320 e. The van der Waals surface area contributed by atoms with Crippen molar-refractivity contribution in [3.63, 3.8) is 0 Å². The number of nitrogens with one attached hydrogen (secondary N) is 1. The molecule has 0 aliphatic heterocycles. The Morgan fingerprint density at radius 3 is 2.42 bits per heavy atom. The number of carboxylic acids is 1. The molecule has 72 valence electrons. The number of carboxylic acid groups (broad SMARTS) is 1. The van der Waals surface area contributed by atoms with Crippen LogP contribution in [0.1, 0.15) is 20.3 Å². The fraction of sp³-hybridized carbons (Fsp3) is 0.875. The molecule has 1 unspecified atom stereocenters. The molecule has 4 heteroatoms. The fourth-order valence-corrected chi connectivity index (χ4v) is 0.820. The number of aliphatic hydroxyl groups is 1. The summed E-state index contributed by atoms with van der Waals surface area (Å²) >= 11 is 0. The van der Waals surface area contributed by atoms with Crippen LogP contribution < -0.4 is 5.32 Å². The van der Waals surface area contributed by atoms with Crippen molar-refractivity contribution in [2.45, 2.75) is 26.3 Å². The minimum Gasteiger partial charge on any atom is -0.480 e. The van der Waals surface area contributed by atoms with Gasteiger partial charge in [0.05, 0.1) is 0 Å². The molecule has 0 spiro atoms. The zero-order valence-corrected chi connectivity index (χ0v) is 7.58. The van der Waals surface area contributed by atoms with Gasteiger partial charge in [0.15, 0.2) is 0 Å². The van der Waals surface area contributed by atoms with Gasteiger partial charge in [0.1, 0.15) is 6.04 Å².